The number of carbonyl (C=O) groups excluding carboxylic acids is 2. The Bertz CT molecular complexity index is 757. The van der Waals surface area contributed by atoms with Gasteiger partial charge in [0.2, 0.25) is 5.91 Å². The van der Waals surface area contributed by atoms with Gasteiger partial charge in [0, 0.05) is 43.2 Å². The molecule has 6 heteroatoms. The van der Waals surface area contributed by atoms with E-state index in [9.17, 15) is 9.59 Å². The maximum atomic E-state index is 12.5. The summed E-state index contributed by atoms with van der Waals surface area (Å²) < 4.78 is 5.62. The first kappa shape index (κ1) is 19.2. The molecule has 0 aliphatic carbocycles. The molecule has 2 aromatic rings. The fourth-order valence-corrected chi connectivity index (χ4v) is 3.15. The fraction of sp³-hybridized carbons (Fsp3) is 0.333. The highest BCUT2D eigenvalue weighted by atomic mass is 35.5. The molecule has 2 amide bonds. The topological polar surface area (TPSA) is 49.9 Å². The minimum atomic E-state index is -0.0185. The SMILES string of the molecule is O=C(CCCOc1ccccc1)N1CCN(C(=O)c2ccc(Cl)cc2)CC1. The number of amides is 2. The van der Waals surface area contributed by atoms with E-state index in [1.54, 1.807) is 29.2 Å². The van der Waals surface area contributed by atoms with Crippen molar-refractivity contribution in [2.45, 2.75) is 12.8 Å². The number of carbonyl (C=O) groups is 2. The number of ether oxygens (including phenoxy) is 1. The van der Waals surface area contributed by atoms with E-state index in [1.807, 2.05) is 35.2 Å². The zero-order valence-electron chi connectivity index (χ0n) is 15.1. The molecule has 27 heavy (non-hydrogen) atoms. The molecule has 1 aliphatic heterocycles. The lowest BCUT2D eigenvalue weighted by molar-refractivity contribution is -0.132. The molecule has 0 unspecified atom stereocenters. The van der Waals surface area contributed by atoms with Crippen LogP contribution in [-0.2, 0) is 4.79 Å². The highest BCUT2D eigenvalue weighted by molar-refractivity contribution is 6.30. The number of hydrogen-bond donors (Lipinski definition) is 0. The second kappa shape index (κ2) is 9.42. The summed E-state index contributed by atoms with van der Waals surface area (Å²) >= 11 is 5.87. The van der Waals surface area contributed by atoms with E-state index in [-0.39, 0.29) is 11.8 Å². The van der Waals surface area contributed by atoms with E-state index in [4.69, 9.17) is 16.3 Å². The largest absolute Gasteiger partial charge is 0.494 e. The smallest absolute Gasteiger partial charge is 0.253 e. The highest BCUT2D eigenvalue weighted by Gasteiger charge is 2.24. The molecule has 1 heterocycles. The molecule has 5 nitrogen and oxygen atoms in total. The summed E-state index contributed by atoms with van der Waals surface area (Å²) in [5, 5.41) is 0.609. The third-order valence-electron chi connectivity index (χ3n) is 4.56. The van der Waals surface area contributed by atoms with Crippen LogP contribution in [0.25, 0.3) is 0 Å². The van der Waals surface area contributed by atoms with E-state index in [1.165, 1.54) is 0 Å². The summed E-state index contributed by atoms with van der Waals surface area (Å²) in [5.41, 5.74) is 0.622. The molecule has 0 saturated carbocycles. The number of hydrogen-bond acceptors (Lipinski definition) is 3. The van der Waals surface area contributed by atoms with Crippen LogP contribution < -0.4 is 4.74 Å². The summed E-state index contributed by atoms with van der Waals surface area (Å²) in [5.74, 6) is 0.916. The zero-order valence-corrected chi connectivity index (χ0v) is 15.9. The normalized spacial score (nSPS) is 14.1. The van der Waals surface area contributed by atoms with Gasteiger partial charge >= 0.3 is 0 Å². The average molecular weight is 387 g/mol. The first-order valence-corrected chi connectivity index (χ1v) is 9.52. The molecule has 1 fully saturated rings. The van der Waals surface area contributed by atoms with Crippen molar-refractivity contribution >= 4 is 23.4 Å². The van der Waals surface area contributed by atoms with Crippen molar-refractivity contribution in [3.05, 3.63) is 65.2 Å². The van der Waals surface area contributed by atoms with Gasteiger partial charge in [0.25, 0.3) is 5.91 Å². The van der Waals surface area contributed by atoms with E-state index in [2.05, 4.69) is 0 Å². The van der Waals surface area contributed by atoms with Gasteiger partial charge in [-0.15, -0.1) is 0 Å². The standard InChI is InChI=1S/C21H23ClN2O3/c22-18-10-8-17(9-11-18)21(26)24-14-12-23(13-15-24)20(25)7-4-16-27-19-5-2-1-3-6-19/h1-3,5-6,8-11H,4,7,12-16H2. The Kier molecular flexibility index (Phi) is 6.71. The first-order valence-electron chi connectivity index (χ1n) is 9.14. The predicted molar refractivity (Wildman–Crippen MR) is 105 cm³/mol. The van der Waals surface area contributed by atoms with E-state index < -0.39 is 0 Å². The van der Waals surface area contributed by atoms with E-state index in [0.29, 0.717) is 56.2 Å². The Morgan fingerprint density at radius 1 is 0.889 bits per heavy atom. The minimum Gasteiger partial charge on any atom is -0.494 e. The third kappa shape index (κ3) is 5.47. The van der Waals surface area contributed by atoms with Crippen LogP contribution in [0.5, 0.6) is 5.75 Å². The lowest BCUT2D eigenvalue weighted by Gasteiger charge is -2.35. The van der Waals surface area contributed by atoms with Crippen molar-refractivity contribution < 1.29 is 14.3 Å². The van der Waals surface area contributed by atoms with Gasteiger partial charge in [0.1, 0.15) is 5.75 Å². The average Bonchev–Trinajstić information content (AvgIpc) is 2.72. The summed E-state index contributed by atoms with van der Waals surface area (Å²) in [4.78, 5) is 28.5. The van der Waals surface area contributed by atoms with Crippen molar-refractivity contribution in [1.29, 1.82) is 0 Å². The number of rotatable bonds is 6. The van der Waals surface area contributed by atoms with Crippen molar-refractivity contribution in [2.24, 2.45) is 0 Å². The van der Waals surface area contributed by atoms with E-state index >= 15 is 0 Å². The third-order valence-corrected chi connectivity index (χ3v) is 4.81. The summed E-state index contributed by atoms with van der Waals surface area (Å²) in [7, 11) is 0. The van der Waals surface area contributed by atoms with Crippen molar-refractivity contribution in [3.8, 4) is 5.75 Å². The molecule has 2 aromatic carbocycles. The second-order valence-electron chi connectivity index (χ2n) is 6.44. The van der Waals surface area contributed by atoms with Gasteiger partial charge in [-0.25, -0.2) is 0 Å². The lowest BCUT2D eigenvalue weighted by Crippen LogP contribution is -2.50. The molecule has 142 valence electrons. The summed E-state index contributed by atoms with van der Waals surface area (Å²) in [6.45, 7) is 2.75. The van der Waals surface area contributed by atoms with Crippen LogP contribution in [0.1, 0.15) is 23.2 Å². The maximum Gasteiger partial charge on any atom is 0.253 e. The highest BCUT2D eigenvalue weighted by Crippen LogP contribution is 2.14. The van der Waals surface area contributed by atoms with Gasteiger partial charge < -0.3 is 14.5 Å². The monoisotopic (exact) mass is 386 g/mol. The molecule has 1 saturated heterocycles. The molecule has 0 spiro atoms. The van der Waals surface area contributed by atoms with E-state index in [0.717, 1.165) is 5.75 Å². The van der Waals surface area contributed by atoms with Crippen LogP contribution in [0, 0.1) is 0 Å². The molecule has 0 N–H and O–H groups in total. The van der Waals surface area contributed by atoms with Crippen LogP contribution in [0.4, 0.5) is 0 Å². The fourth-order valence-electron chi connectivity index (χ4n) is 3.02. The Hall–Kier alpha value is -2.53. The molecule has 0 atom stereocenters. The number of halogens is 1. The lowest BCUT2D eigenvalue weighted by atomic mass is 10.1. The maximum absolute atomic E-state index is 12.5. The van der Waals surface area contributed by atoms with Gasteiger partial charge in [0.05, 0.1) is 6.61 Å². The Labute approximate surface area is 164 Å². The minimum absolute atomic E-state index is 0.0185. The van der Waals surface area contributed by atoms with Crippen LogP contribution in [-0.4, -0.2) is 54.4 Å². The number of piperazine rings is 1. The molecule has 0 aromatic heterocycles. The summed E-state index contributed by atoms with van der Waals surface area (Å²) in [6.07, 6.45) is 1.13. The molecule has 1 aliphatic rings. The van der Waals surface area contributed by atoms with Gasteiger partial charge in [-0.2, -0.15) is 0 Å². The Morgan fingerprint density at radius 2 is 1.52 bits per heavy atom. The van der Waals surface area contributed by atoms with Gasteiger partial charge in [-0.3, -0.25) is 9.59 Å². The van der Waals surface area contributed by atoms with Crippen molar-refractivity contribution in [3.63, 3.8) is 0 Å². The quantitative estimate of drug-likeness (QED) is 0.714. The summed E-state index contributed by atoms with van der Waals surface area (Å²) in [6, 6.07) is 16.5. The molecule has 3 rings (SSSR count). The van der Waals surface area contributed by atoms with Crippen LogP contribution in [0.2, 0.25) is 5.02 Å². The van der Waals surface area contributed by atoms with Crippen molar-refractivity contribution in [2.75, 3.05) is 32.8 Å². The van der Waals surface area contributed by atoms with Gasteiger partial charge in [0.15, 0.2) is 0 Å². The second-order valence-corrected chi connectivity index (χ2v) is 6.88. The number of nitrogens with zero attached hydrogens (tertiary/aromatic N) is 2. The van der Waals surface area contributed by atoms with Crippen LogP contribution in [0.15, 0.2) is 54.6 Å². The molecular formula is C21H23ClN2O3. The first-order chi connectivity index (χ1) is 13.1. The Balaban J connectivity index is 1.38. The van der Waals surface area contributed by atoms with Gasteiger partial charge in [-0.1, -0.05) is 29.8 Å². The van der Waals surface area contributed by atoms with Crippen LogP contribution >= 0.6 is 11.6 Å². The number of para-hydroxylation sites is 1. The zero-order chi connectivity index (χ0) is 19.1. The molecule has 0 bridgehead atoms. The van der Waals surface area contributed by atoms with Crippen LogP contribution in [0.3, 0.4) is 0 Å². The molecular weight excluding hydrogens is 364 g/mol. The number of benzene rings is 2. The van der Waals surface area contributed by atoms with Gasteiger partial charge in [-0.05, 0) is 42.8 Å². The van der Waals surface area contributed by atoms with Crippen molar-refractivity contribution in [1.82, 2.24) is 9.80 Å². The molecule has 0 radical (unpaired) electrons. The Morgan fingerprint density at radius 3 is 2.19 bits per heavy atom. The predicted octanol–water partition coefficient (Wildman–Crippen LogP) is 3.48.